The van der Waals surface area contributed by atoms with Gasteiger partial charge in [0.15, 0.2) is 0 Å². The van der Waals surface area contributed by atoms with Crippen molar-refractivity contribution in [1.29, 1.82) is 0 Å². The van der Waals surface area contributed by atoms with Gasteiger partial charge in [0.25, 0.3) is 0 Å². The van der Waals surface area contributed by atoms with Crippen LogP contribution >= 0.6 is 24.4 Å². The summed E-state index contributed by atoms with van der Waals surface area (Å²) in [5, 5.41) is 50.4. The van der Waals surface area contributed by atoms with Crippen LogP contribution in [0.2, 0.25) is 0 Å². The van der Waals surface area contributed by atoms with Crippen molar-refractivity contribution in [3.8, 4) is 45.8 Å². The zero-order chi connectivity index (χ0) is 44.4. The molecule has 6 aromatic heterocycles. The minimum absolute atomic E-state index is 0. The van der Waals surface area contributed by atoms with E-state index in [9.17, 15) is 0 Å². The summed E-state index contributed by atoms with van der Waals surface area (Å²) in [6.07, 6.45) is 12.8. The maximum atomic E-state index is 7.13. The Kier molecular flexibility index (Phi) is 17.4. The molecule has 0 radical (unpaired) electrons. The van der Waals surface area contributed by atoms with Crippen molar-refractivity contribution in [2.75, 3.05) is 0 Å². The monoisotopic (exact) mass is 998 g/mol. The Morgan fingerprint density at radius 2 is 0.646 bits per heavy atom. The molecule has 0 saturated carbocycles. The first-order valence-corrected chi connectivity index (χ1v) is 19.7. The second-order valence-corrected chi connectivity index (χ2v) is 13.5. The van der Waals surface area contributed by atoms with Crippen LogP contribution in [0.3, 0.4) is 0 Å². The van der Waals surface area contributed by atoms with Gasteiger partial charge in [-0.15, -0.1) is 20.4 Å². The van der Waals surface area contributed by atoms with Crippen molar-refractivity contribution in [1.82, 2.24) is 79.5 Å². The largest absolute Gasteiger partial charge is 2.00 e. The van der Waals surface area contributed by atoms with Crippen LogP contribution in [0.5, 0.6) is 0 Å². The van der Waals surface area contributed by atoms with Crippen LogP contribution in [0, 0.1) is 0 Å². The van der Waals surface area contributed by atoms with E-state index in [-0.39, 0.29) is 27.3 Å². The fourth-order valence-electron chi connectivity index (χ4n) is 6.13. The first-order valence-electron chi connectivity index (χ1n) is 18.9. The molecule has 0 atom stereocenters. The minimum atomic E-state index is 0. The number of hydrogen-bond acceptors (Lipinski definition) is 16. The number of hydrogen-bond donors (Lipinski definition) is 0. The van der Waals surface area contributed by atoms with Crippen LogP contribution < -0.4 is 0 Å². The average molecular weight is 997 g/mol. The third-order valence-corrected chi connectivity index (χ3v) is 8.79. The summed E-state index contributed by atoms with van der Waals surface area (Å²) >= 11 is 7.40. The smallest absolute Gasteiger partial charge is 0.753 e. The molecule has 0 unspecified atom stereocenters. The Balaban J connectivity index is 0.000000190. The Hall–Kier alpha value is -7.76. The summed E-state index contributed by atoms with van der Waals surface area (Å²) in [5.74, 6) is 1.90. The third kappa shape index (κ3) is 13.6. The van der Waals surface area contributed by atoms with E-state index in [2.05, 4.69) is 85.2 Å². The fraction of sp³-hybridized carbons (Fsp3) is 0.0952. The molecule has 6 heterocycles. The van der Waals surface area contributed by atoms with Crippen LogP contribution in [0.1, 0.15) is 22.3 Å². The SMILES string of the molecule is [Cd+2].[N-]=C=S.[N-]=C=S.c1cc(Cn2cncn2)cc(-c2nnc(-c3cccc(Cn4cncn4)c3)o2)c1.c1cc(Cn2cncn2)cc(-c2nnc(-c3cccc(Cn4cncn4)c3)o2)c1. The molecule has 23 heteroatoms. The van der Waals surface area contributed by atoms with Gasteiger partial charge in [-0.25, -0.2) is 38.7 Å². The molecule has 0 N–H and O–H groups in total. The molecule has 0 aliphatic heterocycles. The summed E-state index contributed by atoms with van der Waals surface area (Å²) in [5.41, 5.74) is 7.73. The van der Waals surface area contributed by atoms with Gasteiger partial charge in [0, 0.05) is 22.3 Å². The Morgan fingerprint density at radius 3 is 0.846 bits per heavy atom. The zero-order valence-corrected chi connectivity index (χ0v) is 39.7. The predicted molar refractivity (Wildman–Crippen MR) is 239 cm³/mol. The van der Waals surface area contributed by atoms with Crippen molar-refractivity contribution < 1.29 is 36.1 Å². The molecule has 0 bridgehead atoms. The maximum Gasteiger partial charge on any atom is 2.00 e. The van der Waals surface area contributed by atoms with Gasteiger partial charge in [-0.1, -0.05) is 73.0 Å². The van der Waals surface area contributed by atoms with Gasteiger partial charge in [0.05, 0.1) is 26.2 Å². The van der Waals surface area contributed by atoms with Crippen LogP contribution in [-0.2, 0) is 53.5 Å². The Labute approximate surface area is 400 Å². The van der Waals surface area contributed by atoms with Gasteiger partial charge >= 0.3 is 27.3 Å². The predicted octanol–water partition coefficient (Wildman–Crippen LogP) is 6.68. The zero-order valence-electron chi connectivity index (χ0n) is 34.1. The van der Waals surface area contributed by atoms with Crippen molar-refractivity contribution in [2.24, 2.45) is 0 Å². The van der Waals surface area contributed by atoms with Crippen molar-refractivity contribution in [3.05, 3.63) is 181 Å². The molecule has 0 saturated heterocycles. The summed E-state index contributed by atoms with van der Waals surface area (Å²) < 4.78 is 18.9. The van der Waals surface area contributed by atoms with E-state index in [4.69, 9.17) is 19.7 Å². The van der Waals surface area contributed by atoms with E-state index in [0.717, 1.165) is 44.5 Å². The quantitative estimate of drug-likeness (QED) is 0.0703. The molecule has 20 nitrogen and oxygen atoms in total. The number of thiocarbonyl (C=S) groups is 2. The normalized spacial score (nSPS) is 10.1. The van der Waals surface area contributed by atoms with E-state index < -0.39 is 0 Å². The molecule has 0 spiro atoms. The van der Waals surface area contributed by atoms with Gasteiger partial charge in [-0.2, -0.15) is 30.7 Å². The van der Waals surface area contributed by atoms with E-state index in [0.29, 0.717) is 49.7 Å². The number of nitrogens with zero attached hydrogens (tertiary/aromatic N) is 18. The Morgan fingerprint density at radius 1 is 0.415 bits per heavy atom. The average Bonchev–Trinajstić information content (AvgIpc) is 4.17. The summed E-state index contributed by atoms with van der Waals surface area (Å²) in [6, 6.07) is 31.8. The maximum absolute atomic E-state index is 7.13. The molecule has 0 aliphatic rings. The summed E-state index contributed by atoms with van der Waals surface area (Å²) in [4.78, 5) is 15.9. The molecule has 65 heavy (non-hydrogen) atoms. The van der Waals surface area contributed by atoms with Crippen LogP contribution in [0.4, 0.5) is 0 Å². The molecule has 0 fully saturated rings. The van der Waals surface area contributed by atoms with Gasteiger partial charge in [0.2, 0.25) is 23.6 Å². The third-order valence-electron chi connectivity index (χ3n) is 8.79. The molecule has 4 aromatic carbocycles. The van der Waals surface area contributed by atoms with Gasteiger partial charge in [-0.05, 0) is 70.8 Å². The molecule has 0 aliphatic carbocycles. The molecule has 316 valence electrons. The second kappa shape index (κ2) is 24.2. The number of rotatable bonds is 12. The van der Waals surface area contributed by atoms with E-state index in [1.54, 1.807) is 44.0 Å². The summed E-state index contributed by atoms with van der Waals surface area (Å²) in [6.45, 7) is 2.50. The van der Waals surface area contributed by atoms with Crippen molar-refractivity contribution in [3.63, 3.8) is 0 Å². The minimum Gasteiger partial charge on any atom is -0.753 e. The van der Waals surface area contributed by atoms with Crippen LogP contribution in [0.25, 0.3) is 56.6 Å². The van der Waals surface area contributed by atoms with Crippen LogP contribution in [-0.4, -0.2) is 89.8 Å². The number of isothiocyanates is 2. The topological polar surface area (TPSA) is 245 Å². The Bertz CT molecular complexity index is 2640. The van der Waals surface area contributed by atoms with Gasteiger partial charge < -0.3 is 19.7 Å². The van der Waals surface area contributed by atoms with Crippen molar-refractivity contribution in [2.45, 2.75) is 26.2 Å². The van der Waals surface area contributed by atoms with E-state index in [1.165, 1.54) is 35.6 Å². The van der Waals surface area contributed by atoms with E-state index >= 15 is 0 Å². The van der Waals surface area contributed by atoms with Gasteiger partial charge in [-0.3, -0.25) is 0 Å². The van der Waals surface area contributed by atoms with Crippen molar-refractivity contribution >= 4 is 34.8 Å². The first kappa shape index (κ1) is 46.7. The molecule has 10 aromatic rings. The number of aromatic nitrogens is 16. The van der Waals surface area contributed by atoms with Crippen LogP contribution in [0.15, 0.2) is 157 Å². The van der Waals surface area contributed by atoms with Gasteiger partial charge in [0.1, 0.15) is 50.6 Å². The number of benzene rings is 4. The van der Waals surface area contributed by atoms with E-state index in [1.807, 2.05) is 97.1 Å². The molecule has 10 rings (SSSR count). The molecular weight excluding hydrogens is 965 g/mol. The fourth-order valence-corrected chi connectivity index (χ4v) is 6.13. The molecular formula is C42H32CdN18O2S2. The summed E-state index contributed by atoms with van der Waals surface area (Å²) in [7, 11) is 0. The second-order valence-electron chi connectivity index (χ2n) is 13.2. The first-order chi connectivity index (χ1) is 31.5. The molecule has 0 amide bonds. The standard InChI is InChI=1S/2C20H16N8O.2CNS.Cd/c2*1-3-15(9-27-13-21-11-23-27)7-17(5-1)19-25-26-20(29-19)18-6-2-4-16(8-18)10-28-14-22-12-24-28;2*2-1-3;/h2*1-8,11-14H,9-10H2;;;/q;;2*-1;+2.